The summed E-state index contributed by atoms with van der Waals surface area (Å²) in [5.41, 5.74) is 1.08. The van der Waals surface area contributed by atoms with Gasteiger partial charge >= 0.3 is 0 Å². The van der Waals surface area contributed by atoms with Crippen molar-refractivity contribution in [3.63, 3.8) is 0 Å². The van der Waals surface area contributed by atoms with Crippen molar-refractivity contribution < 1.29 is 9.53 Å². The SMILES string of the molecule is C=CCOc1ccc(C2NCC(=O)N2CC(C)SC)cc1. The van der Waals surface area contributed by atoms with E-state index in [9.17, 15) is 4.79 Å². The lowest BCUT2D eigenvalue weighted by atomic mass is 10.1. The fourth-order valence-corrected chi connectivity index (χ4v) is 2.61. The van der Waals surface area contributed by atoms with Crippen LogP contribution >= 0.6 is 11.8 Å². The number of carbonyl (C=O) groups is 1. The maximum absolute atomic E-state index is 12.0. The minimum Gasteiger partial charge on any atom is -0.490 e. The largest absolute Gasteiger partial charge is 0.490 e. The minimum absolute atomic E-state index is 0.0412. The zero-order valence-corrected chi connectivity index (χ0v) is 13.4. The summed E-state index contributed by atoms with van der Waals surface area (Å²) in [6, 6.07) is 7.87. The Morgan fingerprint density at radius 3 is 2.86 bits per heavy atom. The summed E-state index contributed by atoms with van der Waals surface area (Å²) in [7, 11) is 0. The number of rotatable bonds is 7. The topological polar surface area (TPSA) is 41.6 Å². The van der Waals surface area contributed by atoms with Gasteiger partial charge in [-0.25, -0.2) is 0 Å². The van der Waals surface area contributed by atoms with E-state index in [2.05, 4.69) is 25.1 Å². The molecule has 5 heteroatoms. The Labute approximate surface area is 130 Å². The van der Waals surface area contributed by atoms with Crippen LogP contribution in [0.25, 0.3) is 0 Å². The Balaban J connectivity index is 2.08. The molecular formula is C16H22N2O2S. The lowest BCUT2D eigenvalue weighted by Gasteiger charge is -2.27. The molecule has 0 radical (unpaired) electrons. The van der Waals surface area contributed by atoms with Crippen LogP contribution in [0.2, 0.25) is 0 Å². The third-order valence-electron chi connectivity index (χ3n) is 3.50. The van der Waals surface area contributed by atoms with Gasteiger partial charge in [0.25, 0.3) is 0 Å². The van der Waals surface area contributed by atoms with Crippen molar-refractivity contribution in [2.75, 3.05) is 26.0 Å². The van der Waals surface area contributed by atoms with Crippen LogP contribution < -0.4 is 10.1 Å². The van der Waals surface area contributed by atoms with E-state index in [0.29, 0.717) is 18.4 Å². The first-order valence-electron chi connectivity index (χ1n) is 7.05. The summed E-state index contributed by atoms with van der Waals surface area (Å²) in [5, 5.41) is 3.70. The molecule has 2 unspecified atom stereocenters. The van der Waals surface area contributed by atoms with Crippen LogP contribution in [0, 0.1) is 0 Å². The highest BCUT2D eigenvalue weighted by Gasteiger charge is 2.32. The smallest absolute Gasteiger partial charge is 0.238 e. The molecule has 2 rings (SSSR count). The number of ether oxygens (including phenoxy) is 1. The summed E-state index contributed by atoms with van der Waals surface area (Å²) in [6.07, 6.45) is 3.75. The molecular weight excluding hydrogens is 284 g/mol. The molecule has 0 spiro atoms. The highest BCUT2D eigenvalue weighted by Crippen LogP contribution is 2.25. The van der Waals surface area contributed by atoms with Gasteiger partial charge in [0, 0.05) is 11.8 Å². The molecule has 1 fully saturated rings. The Hall–Kier alpha value is -1.46. The zero-order valence-electron chi connectivity index (χ0n) is 12.5. The summed E-state index contributed by atoms with van der Waals surface area (Å²) >= 11 is 1.77. The Morgan fingerprint density at radius 1 is 1.52 bits per heavy atom. The predicted molar refractivity (Wildman–Crippen MR) is 87.6 cm³/mol. The van der Waals surface area contributed by atoms with Crippen LogP contribution in [-0.2, 0) is 4.79 Å². The van der Waals surface area contributed by atoms with Gasteiger partial charge in [0.05, 0.1) is 6.54 Å². The normalized spacial score (nSPS) is 19.6. The molecule has 0 bridgehead atoms. The number of nitrogens with one attached hydrogen (secondary N) is 1. The average molecular weight is 306 g/mol. The number of amides is 1. The molecule has 0 aromatic heterocycles. The van der Waals surface area contributed by atoms with Gasteiger partial charge in [-0.2, -0.15) is 11.8 Å². The van der Waals surface area contributed by atoms with Crippen LogP contribution in [0.4, 0.5) is 0 Å². The molecule has 1 aliphatic rings. The molecule has 1 amide bonds. The van der Waals surface area contributed by atoms with E-state index in [4.69, 9.17) is 4.74 Å². The number of hydrogen-bond acceptors (Lipinski definition) is 4. The monoisotopic (exact) mass is 306 g/mol. The Morgan fingerprint density at radius 2 is 2.24 bits per heavy atom. The van der Waals surface area contributed by atoms with E-state index < -0.39 is 0 Å². The number of carbonyl (C=O) groups excluding carboxylic acids is 1. The molecule has 2 atom stereocenters. The molecule has 0 aliphatic carbocycles. The molecule has 1 aliphatic heterocycles. The zero-order chi connectivity index (χ0) is 15.2. The third-order valence-corrected chi connectivity index (χ3v) is 4.45. The van der Waals surface area contributed by atoms with Gasteiger partial charge in [-0.15, -0.1) is 0 Å². The van der Waals surface area contributed by atoms with Gasteiger partial charge in [0.15, 0.2) is 0 Å². The predicted octanol–water partition coefficient (Wildman–Crippen LogP) is 2.43. The van der Waals surface area contributed by atoms with Crippen molar-refractivity contribution in [2.45, 2.75) is 18.3 Å². The number of nitrogens with zero attached hydrogens (tertiary/aromatic N) is 1. The highest BCUT2D eigenvalue weighted by molar-refractivity contribution is 7.99. The van der Waals surface area contributed by atoms with Crippen molar-refractivity contribution in [3.8, 4) is 5.75 Å². The van der Waals surface area contributed by atoms with Crippen molar-refractivity contribution in [1.29, 1.82) is 0 Å². The second-order valence-electron chi connectivity index (χ2n) is 5.04. The van der Waals surface area contributed by atoms with Crippen molar-refractivity contribution in [3.05, 3.63) is 42.5 Å². The van der Waals surface area contributed by atoms with Crippen LogP contribution in [0.1, 0.15) is 18.7 Å². The summed E-state index contributed by atoms with van der Waals surface area (Å²) in [4.78, 5) is 14.0. The van der Waals surface area contributed by atoms with E-state index in [-0.39, 0.29) is 12.1 Å². The van der Waals surface area contributed by atoms with Gasteiger partial charge in [-0.1, -0.05) is 31.7 Å². The number of hydrogen-bond donors (Lipinski definition) is 1. The second kappa shape index (κ2) is 7.52. The van der Waals surface area contributed by atoms with Gasteiger partial charge in [-0.05, 0) is 24.0 Å². The molecule has 1 saturated heterocycles. The second-order valence-corrected chi connectivity index (χ2v) is 6.32. The lowest BCUT2D eigenvalue weighted by molar-refractivity contribution is -0.128. The van der Waals surface area contributed by atoms with Gasteiger partial charge in [0.2, 0.25) is 5.91 Å². The summed E-state index contributed by atoms with van der Waals surface area (Å²) in [6.45, 7) is 7.42. The molecule has 0 saturated carbocycles. The minimum atomic E-state index is -0.0412. The quantitative estimate of drug-likeness (QED) is 0.786. The maximum Gasteiger partial charge on any atom is 0.238 e. The Kier molecular flexibility index (Phi) is 5.70. The molecule has 1 aromatic rings. The van der Waals surface area contributed by atoms with Crippen molar-refractivity contribution in [2.24, 2.45) is 0 Å². The third kappa shape index (κ3) is 4.02. The molecule has 1 N–H and O–H groups in total. The molecule has 21 heavy (non-hydrogen) atoms. The molecule has 114 valence electrons. The van der Waals surface area contributed by atoms with Crippen molar-refractivity contribution >= 4 is 17.7 Å². The van der Waals surface area contributed by atoms with Gasteiger partial charge in [0.1, 0.15) is 18.5 Å². The fourth-order valence-electron chi connectivity index (χ4n) is 2.30. The van der Waals surface area contributed by atoms with E-state index in [0.717, 1.165) is 17.9 Å². The summed E-state index contributed by atoms with van der Waals surface area (Å²) < 4.78 is 5.48. The van der Waals surface area contributed by atoms with Crippen molar-refractivity contribution in [1.82, 2.24) is 10.2 Å². The molecule has 1 heterocycles. The van der Waals surface area contributed by atoms with E-state index in [1.807, 2.05) is 29.2 Å². The first-order valence-corrected chi connectivity index (χ1v) is 8.33. The number of thioether (sulfide) groups is 1. The number of benzene rings is 1. The van der Waals surface area contributed by atoms with Crippen LogP contribution in [0.5, 0.6) is 5.75 Å². The summed E-state index contributed by atoms with van der Waals surface area (Å²) in [5.74, 6) is 0.972. The first-order chi connectivity index (χ1) is 10.2. The van der Waals surface area contributed by atoms with Crippen LogP contribution in [-0.4, -0.2) is 42.0 Å². The first kappa shape index (κ1) is 15.9. The van der Waals surface area contributed by atoms with Crippen LogP contribution in [0.3, 0.4) is 0 Å². The standard InChI is InChI=1S/C16H22N2O2S/c1-4-9-20-14-7-5-13(6-8-14)16-17-10-15(19)18(16)11-12(2)21-3/h4-8,12,16-17H,1,9-11H2,2-3H3. The average Bonchev–Trinajstić information content (AvgIpc) is 2.86. The Bertz CT molecular complexity index is 490. The van der Waals surface area contributed by atoms with E-state index in [1.54, 1.807) is 17.8 Å². The fraction of sp³-hybridized carbons (Fsp3) is 0.438. The van der Waals surface area contributed by atoms with E-state index >= 15 is 0 Å². The van der Waals surface area contributed by atoms with Gasteiger partial charge < -0.3 is 9.64 Å². The van der Waals surface area contributed by atoms with Crippen LogP contribution in [0.15, 0.2) is 36.9 Å². The maximum atomic E-state index is 12.0. The lowest BCUT2D eigenvalue weighted by Crippen LogP contribution is -2.34. The molecule has 1 aromatic carbocycles. The highest BCUT2D eigenvalue weighted by atomic mass is 32.2. The van der Waals surface area contributed by atoms with E-state index in [1.165, 1.54) is 0 Å². The molecule has 4 nitrogen and oxygen atoms in total. The van der Waals surface area contributed by atoms with Gasteiger partial charge in [-0.3, -0.25) is 10.1 Å².